The van der Waals surface area contributed by atoms with Gasteiger partial charge in [-0.2, -0.15) is 5.26 Å². The topological polar surface area (TPSA) is 105 Å². The summed E-state index contributed by atoms with van der Waals surface area (Å²) in [6.07, 6.45) is -0.0668. The number of hydrogen-bond acceptors (Lipinski definition) is 6. The Hall–Kier alpha value is -2.60. The number of nitrogens with one attached hydrogen (secondary N) is 1. The van der Waals surface area contributed by atoms with Crippen LogP contribution in [0.4, 0.5) is 0 Å². The highest BCUT2D eigenvalue weighted by molar-refractivity contribution is 7.89. The van der Waals surface area contributed by atoms with E-state index < -0.39 is 16.0 Å². The summed E-state index contributed by atoms with van der Waals surface area (Å²) in [6, 6.07) is 12.4. The van der Waals surface area contributed by atoms with Crippen molar-refractivity contribution < 1.29 is 22.7 Å². The first-order valence-corrected chi connectivity index (χ1v) is 9.26. The van der Waals surface area contributed by atoms with E-state index in [0.717, 1.165) is 0 Å². The number of halogens is 1. The summed E-state index contributed by atoms with van der Waals surface area (Å²) in [6.45, 7) is -0.0682. The summed E-state index contributed by atoms with van der Waals surface area (Å²) in [7, 11) is -2.53. The van der Waals surface area contributed by atoms with Crippen LogP contribution in [0.15, 0.2) is 47.4 Å². The van der Waals surface area contributed by atoms with Crippen molar-refractivity contribution in [3.05, 3.63) is 53.1 Å². The maximum Gasteiger partial charge on any atom is 0.306 e. The third-order valence-corrected chi connectivity index (χ3v) is 5.09. The maximum absolute atomic E-state index is 12.2. The van der Waals surface area contributed by atoms with E-state index in [4.69, 9.17) is 21.6 Å². The van der Waals surface area contributed by atoms with Crippen LogP contribution in [0.2, 0.25) is 5.02 Å². The second-order valence-corrected chi connectivity index (χ2v) is 7.20. The van der Waals surface area contributed by atoms with Crippen LogP contribution in [-0.4, -0.2) is 28.0 Å². The predicted molar refractivity (Wildman–Crippen MR) is 94.5 cm³/mol. The van der Waals surface area contributed by atoms with Gasteiger partial charge in [-0.1, -0.05) is 17.7 Å². The second kappa shape index (κ2) is 8.67. The molecule has 0 saturated heterocycles. The van der Waals surface area contributed by atoms with Crippen molar-refractivity contribution in [2.75, 3.05) is 13.7 Å². The Kier molecular flexibility index (Phi) is 6.58. The molecule has 0 atom stereocenters. The molecule has 136 valence electrons. The van der Waals surface area contributed by atoms with Crippen LogP contribution in [0.3, 0.4) is 0 Å². The van der Waals surface area contributed by atoms with Gasteiger partial charge < -0.3 is 9.47 Å². The van der Waals surface area contributed by atoms with E-state index >= 15 is 0 Å². The van der Waals surface area contributed by atoms with Gasteiger partial charge in [-0.05, 0) is 36.4 Å². The molecule has 9 heteroatoms. The van der Waals surface area contributed by atoms with Crippen LogP contribution < -0.4 is 9.46 Å². The summed E-state index contributed by atoms with van der Waals surface area (Å²) in [4.78, 5) is 11.0. The van der Waals surface area contributed by atoms with Crippen molar-refractivity contribution in [3.8, 4) is 17.6 Å². The Morgan fingerprint density at radius 3 is 2.54 bits per heavy atom. The molecule has 2 aromatic rings. The number of hydrogen-bond donors (Lipinski definition) is 1. The molecule has 0 fully saturated rings. The van der Waals surface area contributed by atoms with Crippen LogP contribution in [0.1, 0.15) is 12.0 Å². The van der Waals surface area contributed by atoms with Crippen molar-refractivity contribution in [3.63, 3.8) is 0 Å². The molecule has 0 aliphatic carbocycles. The lowest BCUT2D eigenvalue weighted by Gasteiger charge is -2.10. The van der Waals surface area contributed by atoms with Gasteiger partial charge in [0.2, 0.25) is 10.0 Å². The lowest BCUT2D eigenvalue weighted by atomic mass is 10.2. The second-order valence-electron chi connectivity index (χ2n) is 5.02. The van der Waals surface area contributed by atoms with Gasteiger partial charge in [-0.15, -0.1) is 0 Å². The van der Waals surface area contributed by atoms with E-state index in [1.165, 1.54) is 31.4 Å². The molecule has 26 heavy (non-hydrogen) atoms. The van der Waals surface area contributed by atoms with E-state index in [1.54, 1.807) is 18.2 Å². The molecule has 0 heterocycles. The largest absolute Gasteiger partial charge is 0.469 e. The number of carbonyl (C=O) groups excluding carboxylic acids is 1. The molecule has 1 N–H and O–H groups in total. The van der Waals surface area contributed by atoms with Gasteiger partial charge in [0.25, 0.3) is 0 Å². The molecule has 7 nitrogen and oxygen atoms in total. The quantitative estimate of drug-likeness (QED) is 0.724. The fourth-order valence-electron chi connectivity index (χ4n) is 1.98. The fourth-order valence-corrected chi connectivity index (χ4v) is 3.22. The van der Waals surface area contributed by atoms with Crippen molar-refractivity contribution >= 4 is 27.6 Å². The van der Waals surface area contributed by atoms with Gasteiger partial charge in [-0.25, -0.2) is 13.1 Å². The zero-order chi connectivity index (χ0) is 19.2. The number of methoxy groups -OCH3 is 1. The molecular weight excluding hydrogens is 380 g/mol. The summed E-state index contributed by atoms with van der Waals surface area (Å²) in [5.74, 6) is 0.107. The molecule has 2 rings (SSSR count). The van der Waals surface area contributed by atoms with Gasteiger partial charge >= 0.3 is 5.97 Å². The average molecular weight is 395 g/mol. The van der Waals surface area contributed by atoms with E-state index in [2.05, 4.69) is 9.46 Å². The van der Waals surface area contributed by atoms with Crippen LogP contribution in [0, 0.1) is 11.3 Å². The molecule has 0 aliphatic heterocycles. The summed E-state index contributed by atoms with van der Waals surface area (Å²) in [5, 5.41) is 9.40. The lowest BCUT2D eigenvalue weighted by molar-refractivity contribution is -0.140. The van der Waals surface area contributed by atoms with Gasteiger partial charge in [0.05, 0.1) is 23.4 Å². The Morgan fingerprint density at radius 1 is 1.23 bits per heavy atom. The highest BCUT2D eigenvalue weighted by Gasteiger charge is 2.15. The highest BCUT2D eigenvalue weighted by Crippen LogP contribution is 2.30. The van der Waals surface area contributed by atoms with Crippen LogP contribution in [-0.2, 0) is 19.6 Å². The van der Waals surface area contributed by atoms with Crippen LogP contribution >= 0.6 is 11.6 Å². The normalized spacial score (nSPS) is 10.8. The maximum atomic E-state index is 12.2. The summed E-state index contributed by atoms with van der Waals surface area (Å²) >= 11 is 5.94. The monoisotopic (exact) mass is 394 g/mol. The Bertz CT molecular complexity index is 937. The molecule has 0 saturated carbocycles. The minimum atomic E-state index is -3.76. The van der Waals surface area contributed by atoms with Gasteiger partial charge in [0.1, 0.15) is 23.1 Å². The number of esters is 1. The van der Waals surface area contributed by atoms with Crippen molar-refractivity contribution in [2.45, 2.75) is 11.3 Å². The first-order chi connectivity index (χ1) is 12.4. The van der Waals surface area contributed by atoms with Crippen molar-refractivity contribution in [2.24, 2.45) is 0 Å². The lowest BCUT2D eigenvalue weighted by Crippen LogP contribution is -2.26. The zero-order valence-electron chi connectivity index (χ0n) is 13.7. The number of ether oxygens (including phenoxy) is 2. The highest BCUT2D eigenvalue weighted by atomic mass is 35.5. The Labute approximate surface area is 156 Å². The minimum Gasteiger partial charge on any atom is -0.469 e. The van der Waals surface area contributed by atoms with Gasteiger partial charge in [0.15, 0.2) is 0 Å². The number of rotatable bonds is 7. The molecule has 0 amide bonds. The van der Waals surface area contributed by atoms with Gasteiger partial charge in [-0.3, -0.25) is 4.79 Å². The minimum absolute atomic E-state index is 0.0151. The number of nitrogens with zero attached hydrogens (tertiary/aromatic N) is 1. The number of nitriles is 1. The Morgan fingerprint density at radius 2 is 1.92 bits per heavy atom. The third kappa shape index (κ3) is 4.95. The van der Waals surface area contributed by atoms with Crippen molar-refractivity contribution in [1.29, 1.82) is 5.26 Å². The predicted octanol–water partition coefficient (Wildman–Crippen LogP) is 2.85. The van der Waals surface area contributed by atoms with Crippen LogP contribution in [0.5, 0.6) is 11.5 Å². The zero-order valence-corrected chi connectivity index (χ0v) is 15.3. The molecule has 2 aromatic carbocycles. The Balaban J connectivity index is 2.10. The fraction of sp³-hybridized carbons (Fsp3) is 0.176. The molecular formula is C17H15ClN2O5S. The third-order valence-electron chi connectivity index (χ3n) is 3.30. The molecule has 0 spiro atoms. The number of benzene rings is 2. The number of carbonyl (C=O) groups is 1. The SMILES string of the molecule is COC(=O)CCNS(=O)(=O)c1ccc(Oc2cccc(Cl)c2C#N)cc1. The first-order valence-electron chi connectivity index (χ1n) is 7.40. The van der Waals surface area contributed by atoms with E-state index in [1.807, 2.05) is 6.07 Å². The summed E-state index contributed by atoms with van der Waals surface area (Å²) in [5.41, 5.74) is 0.190. The smallest absolute Gasteiger partial charge is 0.306 e. The van der Waals surface area contributed by atoms with E-state index in [9.17, 15) is 13.2 Å². The first kappa shape index (κ1) is 19.7. The van der Waals surface area contributed by atoms with E-state index in [-0.39, 0.29) is 34.2 Å². The standard InChI is InChI=1S/C17H15ClN2O5S/c1-24-17(21)9-10-20-26(22,23)13-7-5-12(6-8-13)25-16-4-2-3-15(18)14(16)11-19/h2-8,20H,9-10H2,1H3. The number of sulfonamides is 1. The summed E-state index contributed by atoms with van der Waals surface area (Å²) < 4.78 is 36.7. The average Bonchev–Trinajstić information content (AvgIpc) is 2.62. The molecule has 0 unspecified atom stereocenters. The van der Waals surface area contributed by atoms with Crippen molar-refractivity contribution in [1.82, 2.24) is 4.72 Å². The molecule has 0 radical (unpaired) electrons. The molecule has 0 bridgehead atoms. The van der Waals surface area contributed by atoms with Crippen LogP contribution in [0.25, 0.3) is 0 Å². The molecule has 0 aromatic heterocycles. The van der Waals surface area contributed by atoms with E-state index in [0.29, 0.717) is 5.75 Å². The van der Waals surface area contributed by atoms with Gasteiger partial charge in [0, 0.05) is 6.54 Å². The molecule has 0 aliphatic rings.